The standard InChI is InChI=1S/C35H68O4/c1-7-11-23-30(9-3)27-32(25-21-19-17-15-13-14-16-18-20-22-26-33(36)37)35(29(5)6,34(38)39)28-31(10-4)24-12-8-2/h29-32H,7-28H2,1-6H3,(H,36,37)(H,38,39). The third-order valence-corrected chi connectivity index (χ3v) is 9.68. The summed E-state index contributed by atoms with van der Waals surface area (Å²) in [7, 11) is 0. The van der Waals surface area contributed by atoms with Crippen LogP contribution in [0.25, 0.3) is 0 Å². The second-order valence-corrected chi connectivity index (χ2v) is 12.9. The first-order valence-corrected chi connectivity index (χ1v) is 17.1. The van der Waals surface area contributed by atoms with E-state index in [1.54, 1.807) is 0 Å². The molecule has 4 unspecified atom stereocenters. The van der Waals surface area contributed by atoms with Crippen molar-refractivity contribution in [1.29, 1.82) is 0 Å². The van der Waals surface area contributed by atoms with Gasteiger partial charge in [-0.15, -0.1) is 0 Å². The highest BCUT2D eigenvalue weighted by Crippen LogP contribution is 2.49. The van der Waals surface area contributed by atoms with Crippen LogP contribution in [0.1, 0.15) is 183 Å². The summed E-state index contributed by atoms with van der Waals surface area (Å²) in [5, 5.41) is 19.6. The molecule has 4 atom stereocenters. The zero-order chi connectivity index (χ0) is 29.5. The van der Waals surface area contributed by atoms with E-state index in [0.717, 1.165) is 64.2 Å². The van der Waals surface area contributed by atoms with Gasteiger partial charge in [-0.25, -0.2) is 0 Å². The molecule has 0 aromatic heterocycles. The summed E-state index contributed by atoms with van der Waals surface area (Å²) in [6.45, 7) is 13.4. The van der Waals surface area contributed by atoms with Gasteiger partial charge in [-0.1, -0.05) is 151 Å². The number of rotatable bonds is 28. The summed E-state index contributed by atoms with van der Waals surface area (Å²) in [6.07, 6.45) is 24.3. The summed E-state index contributed by atoms with van der Waals surface area (Å²) in [4.78, 5) is 23.8. The third kappa shape index (κ3) is 16.1. The van der Waals surface area contributed by atoms with Crippen LogP contribution >= 0.6 is 0 Å². The SMILES string of the molecule is CCCCC(CC)CC(CCCCCCCCCCCCC(=O)O)C(CC(CC)CCCC)(C(=O)O)C(C)C. The van der Waals surface area contributed by atoms with Crippen molar-refractivity contribution < 1.29 is 19.8 Å². The number of aliphatic carboxylic acids is 2. The fraction of sp³-hybridized carbons (Fsp3) is 0.943. The fourth-order valence-electron chi connectivity index (χ4n) is 6.85. The van der Waals surface area contributed by atoms with E-state index in [0.29, 0.717) is 18.3 Å². The Kier molecular flexibility index (Phi) is 23.0. The van der Waals surface area contributed by atoms with Crippen LogP contribution in [-0.2, 0) is 9.59 Å². The molecule has 0 radical (unpaired) electrons. The molecular formula is C35H68O4. The minimum atomic E-state index is -0.681. The maximum absolute atomic E-state index is 13.2. The molecule has 0 bridgehead atoms. The molecule has 0 spiro atoms. The highest BCUT2D eigenvalue weighted by molar-refractivity contribution is 5.75. The smallest absolute Gasteiger partial charge is 0.310 e. The van der Waals surface area contributed by atoms with Crippen LogP contribution in [0.3, 0.4) is 0 Å². The lowest BCUT2D eigenvalue weighted by molar-refractivity contribution is -0.160. The van der Waals surface area contributed by atoms with E-state index in [1.165, 1.54) is 70.6 Å². The quantitative estimate of drug-likeness (QED) is 0.0946. The van der Waals surface area contributed by atoms with Gasteiger partial charge in [0.25, 0.3) is 0 Å². The Morgan fingerprint density at radius 1 is 0.615 bits per heavy atom. The van der Waals surface area contributed by atoms with E-state index in [-0.39, 0.29) is 11.8 Å². The molecule has 0 amide bonds. The van der Waals surface area contributed by atoms with Crippen LogP contribution in [0.5, 0.6) is 0 Å². The van der Waals surface area contributed by atoms with Gasteiger partial charge in [0, 0.05) is 6.42 Å². The van der Waals surface area contributed by atoms with Crippen LogP contribution in [-0.4, -0.2) is 22.2 Å². The van der Waals surface area contributed by atoms with Crippen LogP contribution in [0.15, 0.2) is 0 Å². The summed E-state index contributed by atoms with van der Waals surface area (Å²) in [5.41, 5.74) is -0.616. The molecule has 0 rings (SSSR count). The van der Waals surface area contributed by atoms with E-state index in [4.69, 9.17) is 5.11 Å². The molecule has 0 aliphatic rings. The zero-order valence-electron chi connectivity index (χ0n) is 27.1. The van der Waals surface area contributed by atoms with Crippen LogP contribution in [0.2, 0.25) is 0 Å². The largest absolute Gasteiger partial charge is 0.481 e. The first-order chi connectivity index (χ1) is 18.7. The normalized spacial score (nSPS) is 15.7. The van der Waals surface area contributed by atoms with Gasteiger partial charge in [0.05, 0.1) is 5.41 Å². The molecule has 0 aromatic carbocycles. The second kappa shape index (κ2) is 23.6. The van der Waals surface area contributed by atoms with Crippen molar-refractivity contribution in [3.63, 3.8) is 0 Å². The Balaban J connectivity index is 5.17. The fourth-order valence-corrected chi connectivity index (χ4v) is 6.85. The van der Waals surface area contributed by atoms with Crippen LogP contribution in [0, 0.1) is 29.1 Å². The van der Waals surface area contributed by atoms with Crippen molar-refractivity contribution in [2.24, 2.45) is 29.1 Å². The van der Waals surface area contributed by atoms with Crippen molar-refractivity contribution in [2.45, 2.75) is 183 Å². The average Bonchev–Trinajstić information content (AvgIpc) is 2.90. The summed E-state index contributed by atoms with van der Waals surface area (Å²) < 4.78 is 0. The molecule has 2 N–H and O–H groups in total. The minimum Gasteiger partial charge on any atom is -0.481 e. The van der Waals surface area contributed by atoms with Gasteiger partial charge in [0.1, 0.15) is 0 Å². The van der Waals surface area contributed by atoms with Crippen molar-refractivity contribution in [2.75, 3.05) is 0 Å². The Morgan fingerprint density at radius 2 is 1.08 bits per heavy atom. The van der Waals surface area contributed by atoms with Crippen molar-refractivity contribution in [3.05, 3.63) is 0 Å². The Bertz CT molecular complexity index is 601. The van der Waals surface area contributed by atoms with Crippen molar-refractivity contribution in [1.82, 2.24) is 0 Å². The molecule has 0 heterocycles. The second-order valence-electron chi connectivity index (χ2n) is 12.9. The Labute approximate surface area is 243 Å². The molecule has 0 fully saturated rings. The van der Waals surface area contributed by atoms with Crippen molar-refractivity contribution >= 4 is 11.9 Å². The first kappa shape index (κ1) is 37.9. The van der Waals surface area contributed by atoms with Gasteiger partial charge < -0.3 is 10.2 Å². The molecule has 39 heavy (non-hydrogen) atoms. The molecular weight excluding hydrogens is 484 g/mol. The lowest BCUT2D eigenvalue weighted by atomic mass is 9.59. The zero-order valence-corrected chi connectivity index (χ0v) is 27.1. The molecule has 0 aliphatic heterocycles. The molecule has 232 valence electrons. The highest BCUT2D eigenvalue weighted by Gasteiger charge is 2.49. The van der Waals surface area contributed by atoms with E-state index in [2.05, 4.69) is 41.5 Å². The lowest BCUT2D eigenvalue weighted by Gasteiger charge is -2.44. The van der Waals surface area contributed by atoms with Crippen LogP contribution < -0.4 is 0 Å². The summed E-state index contributed by atoms with van der Waals surface area (Å²) >= 11 is 0. The van der Waals surface area contributed by atoms with E-state index in [1.807, 2.05) is 0 Å². The van der Waals surface area contributed by atoms with Crippen LogP contribution in [0.4, 0.5) is 0 Å². The van der Waals surface area contributed by atoms with E-state index >= 15 is 0 Å². The number of unbranched alkanes of at least 4 members (excludes halogenated alkanes) is 11. The molecule has 4 nitrogen and oxygen atoms in total. The Hall–Kier alpha value is -1.06. The van der Waals surface area contributed by atoms with Crippen molar-refractivity contribution in [3.8, 4) is 0 Å². The van der Waals surface area contributed by atoms with Gasteiger partial charge >= 0.3 is 11.9 Å². The minimum absolute atomic E-state index is 0.148. The molecule has 4 heteroatoms. The number of hydrogen-bond acceptors (Lipinski definition) is 2. The number of carboxylic acid groups (broad SMARTS) is 2. The molecule has 0 saturated heterocycles. The number of carboxylic acids is 2. The molecule has 0 saturated carbocycles. The van der Waals surface area contributed by atoms with Gasteiger partial charge in [-0.3, -0.25) is 9.59 Å². The monoisotopic (exact) mass is 553 g/mol. The number of carbonyl (C=O) groups is 2. The highest BCUT2D eigenvalue weighted by atomic mass is 16.4. The van der Waals surface area contributed by atoms with Gasteiger partial charge in [0.2, 0.25) is 0 Å². The Morgan fingerprint density at radius 3 is 1.49 bits per heavy atom. The predicted molar refractivity (Wildman–Crippen MR) is 167 cm³/mol. The summed E-state index contributed by atoms with van der Waals surface area (Å²) in [6, 6.07) is 0. The van der Waals surface area contributed by atoms with E-state index < -0.39 is 17.4 Å². The van der Waals surface area contributed by atoms with Gasteiger partial charge in [-0.2, -0.15) is 0 Å². The van der Waals surface area contributed by atoms with E-state index in [9.17, 15) is 14.7 Å². The van der Waals surface area contributed by atoms with Gasteiger partial charge in [0.15, 0.2) is 0 Å². The summed E-state index contributed by atoms with van der Waals surface area (Å²) in [5.74, 6) is 0.336. The molecule has 0 aromatic rings. The lowest BCUT2D eigenvalue weighted by Crippen LogP contribution is -2.45. The molecule has 0 aliphatic carbocycles. The average molecular weight is 553 g/mol. The maximum Gasteiger partial charge on any atom is 0.310 e. The topological polar surface area (TPSA) is 74.6 Å². The van der Waals surface area contributed by atoms with Gasteiger partial charge in [-0.05, 0) is 49.4 Å². The maximum atomic E-state index is 13.2. The first-order valence-electron chi connectivity index (χ1n) is 17.1. The third-order valence-electron chi connectivity index (χ3n) is 9.68. The predicted octanol–water partition coefficient (Wildman–Crippen LogP) is 11.3. The number of hydrogen-bond donors (Lipinski definition) is 2.